The lowest BCUT2D eigenvalue weighted by atomic mass is 10.2. The van der Waals surface area contributed by atoms with Gasteiger partial charge in [0.1, 0.15) is 5.82 Å². The Labute approximate surface area is 94.2 Å². The minimum atomic E-state index is -0.0114. The molecule has 0 radical (unpaired) electrons. The first kappa shape index (κ1) is 10.9. The highest BCUT2D eigenvalue weighted by Crippen LogP contribution is 2.10. The smallest absolute Gasteiger partial charge is 0.255 e. The Morgan fingerprint density at radius 3 is 3.06 bits per heavy atom. The lowest BCUT2D eigenvalue weighted by Crippen LogP contribution is -2.44. The van der Waals surface area contributed by atoms with E-state index in [4.69, 9.17) is 10.5 Å². The summed E-state index contributed by atoms with van der Waals surface area (Å²) in [5.41, 5.74) is 6.04. The van der Waals surface area contributed by atoms with E-state index in [1.807, 2.05) is 6.92 Å². The van der Waals surface area contributed by atoms with E-state index in [9.17, 15) is 4.79 Å². The molecule has 0 saturated carbocycles. The molecule has 5 heteroatoms. The first-order valence-corrected chi connectivity index (χ1v) is 5.29. The van der Waals surface area contributed by atoms with Crippen molar-refractivity contribution in [2.75, 3.05) is 25.4 Å². The van der Waals surface area contributed by atoms with E-state index >= 15 is 0 Å². The van der Waals surface area contributed by atoms with Gasteiger partial charge in [-0.05, 0) is 19.1 Å². The van der Waals surface area contributed by atoms with Gasteiger partial charge in [0.2, 0.25) is 0 Å². The van der Waals surface area contributed by atoms with Gasteiger partial charge >= 0.3 is 0 Å². The van der Waals surface area contributed by atoms with Crippen molar-refractivity contribution in [1.82, 2.24) is 9.88 Å². The second-order valence-corrected chi connectivity index (χ2v) is 3.90. The van der Waals surface area contributed by atoms with Crippen molar-refractivity contribution in [2.24, 2.45) is 0 Å². The third-order valence-electron chi connectivity index (χ3n) is 2.56. The van der Waals surface area contributed by atoms with Crippen molar-refractivity contribution >= 4 is 11.7 Å². The van der Waals surface area contributed by atoms with Gasteiger partial charge < -0.3 is 15.4 Å². The van der Waals surface area contributed by atoms with Gasteiger partial charge in [-0.1, -0.05) is 0 Å². The summed E-state index contributed by atoms with van der Waals surface area (Å²) in [6.07, 6.45) is 1.61. The lowest BCUT2D eigenvalue weighted by Gasteiger charge is -2.31. The largest absolute Gasteiger partial charge is 0.384 e. The molecular weight excluding hydrogens is 206 g/mol. The number of hydrogen-bond donors (Lipinski definition) is 1. The van der Waals surface area contributed by atoms with Gasteiger partial charge in [0.05, 0.1) is 18.3 Å². The number of amides is 1. The van der Waals surface area contributed by atoms with E-state index in [2.05, 4.69) is 4.98 Å². The number of nitrogens with two attached hydrogens (primary N) is 1. The number of nitrogen functional groups attached to an aromatic ring is 1. The Kier molecular flexibility index (Phi) is 3.05. The molecule has 5 nitrogen and oxygen atoms in total. The molecule has 1 aliphatic heterocycles. The Morgan fingerprint density at radius 1 is 1.62 bits per heavy atom. The third kappa shape index (κ3) is 2.30. The Balaban J connectivity index is 2.09. The summed E-state index contributed by atoms with van der Waals surface area (Å²) in [6, 6.07) is 3.34. The molecule has 0 spiro atoms. The summed E-state index contributed by atoms with van der Waals surface area (Å²) in [5.74, 6) is 0.412. The highest BCUT2D eigenvalue weighted by Gasteiger charge is 2.22. The SMILES string of the molecule is C[C@H]1CN(C(=O)c2ccc(N)nc2)CCO1. The standard InChI is InChI=1S/C11H15N3O2/c1-8-7-14(4-5-16-8)11(15)9-2-3-10(12)13-6-9/h2-3,6,8H,4-5,7H2,1H3,(H2,12,13)/t8-/m0/s1. The van der Waals surface area contributed by atoms with Crippen LogP contribution >= 0.6 is 0 Å². The molecule has 1 aliphatic rings. The quantitative estimate of drug-likeness (QED) is 0.750. The molecule has 1 aromatic heterocycles. The first-order valence-electron chi connectivity index (χ1n) is 5.29. The van der Waals surface area contributed by atoms with Crippen LogP contribution in [0, 0.1) is 0 Å². The molecule has 1 amide bonds. The molecule has 16 heavy (non-hydrogen) atoms. The molecule has 2 heterocycles. The summed E-state index contributed by atoms with van der Waals surface area (Å²) < 4.78 is 5.38. The topological polar surface area (TPSA) is 68.5 Å². The van der Waals surface area contributed by atoms with Crippen molar-refractivity contribution in [2.45, 2.75) is 13.0 Å². The van der Waals surface area contributed by atoms with Gasteiger partial charge in [-0.2, -0.15) is 0 Å². The van der Waals surface area contributed by atoms with Crippen LogP contribution in [0.15, 0.2) is 18.3 Å². The van der Waals surface area contributed by atoms with E-state index in [1.165, 1.54) is 6.20 Å². The van der Waals surface area contributed by atoms with Crippen LogP contribution in [0.1, 0.15) is 17.3 Å². The predicted octanol–water partition coefficient (Wildman–Crippen LogP) is 0.525. The molecule has 1 aromatic rings. The number of pyridine rings is 1. The second-order valence-electron chi connectivity index (χ2n) is 3.90. The fourth-order valence-electron chi connectivity index (χ4n) is 1.72. The van der Waals surface area contributed by atoms with Crippen LogP contribution < -0.4 is 5.73 Å². The maximum Gasteiger partial charge on any atom is 0.255 e. The number of carbonyl (C=O) groups is 1. The average Bonchev–Trinajstić information content (AvgIpc) is 2.29. The van der Waals surface area contributed by atoms with Crippen molar-refractivity contribution in [3.05, 3.63) is 23.9 Å². The molecular formula is C11H15N3O2. The van der Waals surface area contributed by atoms with Crippen LogP contribution in [0.3, 0.4) is 0 Å². The van der Waals surface area contributed by atoms with Gasteiger partial charge in [0.25, 0.3) is 5.91 Å². The summed E-state index contributed by atoms with van der Waals surface area (Å²) in [6.45, 7) is 3.81. The monoisotopic (exact) mass is 221 g/mol. The van der Waals surface area contributed by atoms with Crippen molar-refractivity contribution < 1.29 is 9.53 Å². The van der Waals surface area contributed by atoms with Crippen LogP contribution in [0.25, 0.3) is 0 Å². The number of hydrogen-bond acceptors (Lipinski definition) is 4. The predicted molar refractivity (Wildman–Crippen MR) is 60.0 cm³/mol. The zero-order chi connectivity index (χ0) is 11.5. The summed E-state index contributed by atoms with van der Waals surface area (Å²) in [4.78, 5) is 17.7. The maximum absolute atomic E-state index is 12.0. The molecule has 2 rings (SSSR count). The van der Waals surface area contributed by atoms with Crippen LogP contribution in [-0.2, 0) is 4.74 Å². The van der Waals surface area contributed by atoms with Gasteiger partial charge in [0, 0.05) is 19.3 Å². The molecule has 2 N–H and O–H groups in total. The lowest BCUT2D eigenvalue weighted by molar-refractivity contribution is -0.0124. The maximum atomic E-state index is 12.0. The molecule has 0 bridgehead atoms. The van der Waals surface area contributed by atoms with Crippen LogP contribution in [0.2, 0.25) is 0 Å². The van der Waals surface area contributed by atoms with Gasteiger partial charge in [0.15, 0.2) is 0 Å². The van der Waals surface area contributed by atoms with E-state index < -0.39 is 0 Å². The summed E-state index contributed by atoms with van der Waals surface area (Å²) in [5, 5.41) is 0. The zero-order valence-electron chi connectivity index (χ0n) is 9.22. The second kappa shape index (κ2) is 4.49. The minimum absolute atomic E-state index is 0.0114. The van der Waals surface area contributed by atoms with E-state index in [0.29, 0.717) is 31.1 Å². The highest BCUT2D eigenvalue weighted by atomic mass is 16.5. The molecule has 1 fully saturated rings. The van der Waals surface area contributed by atoms with Crippen LogP contribution in [0.4, 0.5) is 5.82 Å². The Hall–Kier alpha value is -1.62. The minimum Gasteiger partial charge on any atom is -0.384 e. The van der Waals surface area contributed by atoms with Crippen LogP contribution in [0.5, 0.6) is 0 Å². The third-order valence-corrected chi connectivity index (χ3v) is 2.56. The number of anilines is 1. The Bertz CT molecular complexity index is 377. The molecule has 0 aliphatic carbocycles. The summed E-state index contributed by atoms with van der Waals surface area (Å²) >= 11 is 0. The van der Waals surface area contributed by atoms with E-state index in [0.717, 1.165) is 0 Å². The van der Waals surface area contributed by atoms with Crippen molar-refractivity contribution in [3.63, 3.8) is 0 Å². The summed E-state index contributed by atoms with van der Waals surface area (Å²) in [7, 11) is 0. The zero-order valence-corrected chi connectivity index (χ0v) is 9.22. The number of ether oxygens (including phenoxy) is 1. The van der Waals surface area contributed by atoms with Crippen molar-refractivity contribution in [3.8, 4) is 0 Å². The van der Waals surface area contributed by atoms with Crippen molar-refractivity contribution in [1.29, 1.82) is 0 Å². The molecule has 86 valence electrons. The highest BCUT2D eigenvalue weighted by molar-refractivity contribution is 5.94. The number of rotatable bonds is 1. The molecule has 0 unspecified atom stereocenters. The molecule has 1 atom stereocenters. The van der Waals surface area contributed by atoms with Gasteiger partial charge in [-0.25, -0.2) is 4.98 Å². The van der Waals surface area contributed by atoms with E-state index in [1.54, 1.807) is 17.0 Å². The Morgan fingerprint density at radius 2 is 2.44 bits per heavy atom. The first-order chi connectivity index (χ1) is 7.66. The normalized spacial score (nSPS) is 20.8. The fraction of sp³-hybridized carbons (Fsp3) is 0.455. The fourth-order valence-corrected chi connectivity index (χ4v) is 1.72. The number of morpholine rings is 1. The van der Waals surface area contributed by atoms with E-state index in [-0.39, 0.29) is 12.0 Å². The number of aromatic nitrogens is 1. The number of nitrogens with zero attached hydrogens (tertiary/aromatic N) is 2. The molecule has 0 aromatic carbocycles. The van der Waals surface area contributed by atoms with Gasteiger partial charge in [-0.15, -0.1) is 0 Å². The van der Waals surface area contributed by atoms with Crippen LogP contribution in [-0.4, -0.2) is 41.6 Å². The average molecular weight is 221 g/mol. The number of carbonyl (C=O) groups excluding carboxylic acids is 1. The molecule has 1 saturated heterocycles. The van der Waals surface area contributed by atoms with Gasteiger partial charge in [-0.3, -0.25) is 4.79 Å².